The van der Waals surface area contributed by atoms with Crippen molar-refractivity contribution in [2.24, 2.45) is 5.92 Å². The number of hydrogen-bond acceptors (Lipinski definition) is 3. The van der Waals surface area contributed by atoms with Gasteiger partial charge in [0.05, 0.1) is 0 Å². The predicted molar refractivity (Wildman–Crippen MR) is 78.6 cm³/mol. The molecule has 3 aliphatic rings. The summed E-state index contributed by atoms with van der Waals surface area (Å²) in [5.74, 6) is 0.456. The Morgan fingerprint density at radius 1 is 1.18 bits per heavy atom. The molecule has 116 valence electrons. The van der Waals surface area contributed by atoms with Crippen molar-refractivity contribution in [3.05, 3.63) is 34.2 Å². The van der Waals surface area contributed by atoms with Gasteiger partial charge in [0.25, 0.3) is 5.56 Å². The summed E-state index contributed by atoms with van der Waals surface area (Å²) in [6, 6.07) is 4.82. The third-order valence-corrected chi connectivity index (χ3v) is 4.84. The highest BCUT2D eigenvalue weighted by atomic mass is 16.2. The maximum Gasteiger partial charge on any atom is 0.328 e. The van der Waals surface area contributed by atoms with Crippen LogP contribution in [0.5, 0.6) is 0 Å². The Balaban J connectivity index is 1.60. The van der Waals surface area contributed by atoms with Crippen molar-refractivity contribution in [2.45, 2.75) is 18.9 Å². The van der Waals surface area contributed by atoms with Crippen LogP contribution in [0.2, 0.25) is 0 Å². The minimum Gasteiger partial charge on any atom is -0.336 e. The van der Waals surface area contributed by atoms with E-state index < -0.39 is 0 Å². The summed E-state index contributed by atoms with van der Waals surface area (Å²) in [6.45, 7) is 2.78. The summed E-state index contributed by atoms with van der Waals surface area (Å²) in [7, 11) is 0. The molecule has 4 rings (SSSR count). The lowest BCUT2D eigenvalue weighted by molar-refractivity contribution is 0.113. The average Bonchev–Trinajstić information content (AvgIpc) is 2.93. The maximum absolute atomic E-state index is 12.5. The zero-order valence-corrected chi connectivity index (χ0v) is 12.2. The number of nitrogens with one attached hydrogen (secondary N) is 1. The van der Waals surface area contributed by atoms with Crippen LogP contribution < -0.4 is 10.9 Å². The molecular formula is C15H18N4O3. The number of rotatable bonds is 0. The van der Waals surface area contributed by atoms with E-state index in [1.54, 1.807) is 17.0 Å². The van der Waals surface area contributed by atoms with E-state index in [9.17, 15) is 14.4 Å². The van der Waals surface area contributed by atoms with Crippen molar-refractivity contribution in [1.29, 1.82) is 0 Å². The number of amides is 4. The average molecular weight is 302 g/mol. The molecule has 1 N–H and O–H groups in total. The van der Waals surface area contributed by atoms with E-state index in [1.807, 2.05) is 10.6 Å². The molecule has 2 atom stereocenters. The summed E-state index contributed by atoms with van der Waals surface area (Å²) >= 11 is 0. The molecule has 0 unspecified atom stereocenters. The van der Waals surface area contributed by atoms with Crippen LogP contribution >= 0.6 is 0 Å². The molecule has 0 aromatic carbocycles. The van der Waals surface area contributed by atoms with Crippen molar-refractivity contribution in [3.8, 4) is 0 Å². The van der Waals surface area contributed by atoms with Crippen molar-refractivity contribution in [2.75, 3.05) is 26.2 Å². The number of carbonyl (C=O) groups excluding carboxylic acids is 2. The van der Waals surface area contributed by atoms with E-state index in [-0.39, 0.29) is 29.5 Å². The minimum absolute atomic E-state index is 0.0332. The van der Waals surface area contributed by atoms with Crippen LogP contribution in [0.4, 0.5) is 9.59 Å². The van der Waals surface area contributed by atoms with Crippen molar-refractivity contribution in [3.63, 3.8) is 0 Å². The molecule has 1 aromatic rings. The lowest BCUT2D eigenvalue weighted by Crippen LogP contribution is -2.53. The Kier molecular flexibility index (Phi) is 2.95. The van der Waals surface area contributed by atoms with Gasteiger partial charge in [-0.3, -0.25) is 4.79 Å². The van der Waals surface area contributed by atoms with Gasteiger partial charge in [-0.25, -0.2) is 14.5 Å². The molecule has 3 aliphatic heterocycles. The molecule has 0 aliphatic carbocycles. The summed E-state index contributed by atoms with van der Waals surface area (Å²) < 4.78 is 1.84. The molecule has 2 fully saturated rings. The molecular weight excluding hydrogens is 284 g/mol. The van der Waals surface area contributed by atoms with Crippen LogP contribution in [0.1, 0.15) is 18.0 Å². The molecule has 4 heterocycles. The first-order chi connectivity index (χ1) is 10.6. The highest BCUT2D eigenvalue weighted by molar-refractivity contribution is 5.95. The first-order valence-electron chi connectivity index (χ1n) is 7.67. The third kappa shape index (κ3) is 2.00. The quantitative estimate of drug-likeness (QED) is 0.754. The Labute approximate surface area is 127 Å². The molecule has 0 spiro atoms. The summed E-state index contributed by atoms with van der Waals surface area (Å²) in [5.41, 5.74) is 1.04. The molecule has 7 heteroatoms. The largest absolute Gasteiger partial charge is 0.336 e. The standard InChI is InChI=1S/C15H18N4O3/c20-13-3-1-2-12-11-6-10(8-19(12)13)7-17(9-11)15(22)18-5-4-16-14(18)21/h1-3,10-11H,4-9H2,(H,16,21)/t10-,11-/m1/s1. The smallest absolute Gasteiger partial charge is 0.328 e. The van der Waals surface area contributed by atoms with Crippen LogP contribution in [0, 0.1) is 5.92 Å². The summed E-state index contributed by atoms with van der Waals surface area (Å²) in [5, 5.41) is 2.66. The van der Waals surface area contributed by atoms with E-state index >= 15 is 0 Å². The lowest BCUT2D eigenvalue weighted by Gasteiger charge is -2.43. The topological polar surface area (TPSA) is 74.7 Å². The van der Waals surface area contributed by atoms with Crippen LogP contribution in [0.15, 0.2) is 23.0 Å². The van der Waals surface area contributed by atoms with E-state index in [1.165, 1.54) is 4.90 Å². The van der Waals surface area contributed by atoms with Gasteiger partial charge in [-0.1, -0.05) is 6.07 Å². The molecule has 4 amide bonds. The van der Waals surface area contributed by atoms with Crippen molar-refractivity contribution < 1.29 is 9.59 Å². The maximum atomic E-state index is 12.5. The van der Waals surface area contributed by atoms with Gasteiger partial charge in [0.2, 0.25) is 0 Å². The monoisotopic (exact) mass is 302 g/mol. The number of hydrogen-bond donors (Lipinski definition) is 1. The zero-order chi connectivity index (χ0) is 15.3. The van der Waals surface area contributed by atoms with E-state index in [2.05, 4.69) is 5.32 Å². The molecule has 22 heavy (non-hydrogen) atoms. The van der Waals surface area contributed by atoms with Crippen molar-refractivity contribution in [1.82, 2.24) is 19.7 Å². The second-order valence-electron chi connectivity index (χ2n) is 6.27. The van der Waals surface area contributed by atoms with E-state index in [0.29, 0.717) is 32.7 Å². The second-order valence-corrected chi connectivity index (χ2v) is 6.27. The number of carbonyl (C=O) groups is 2. The molecule has 2 saturated heterocycles. The van der Waals surface area contributed by atoms with Crippen LogP contribution in [0.25, 0.3) is 0 Å². The van der Waals surface area contributed by atoms with E-state index in [0.717, 1.165) is 12.1 Å². The Hall–Kier alpha value is -2.31. The number of likely N-dealkylation sites (tertiary alicyclic amines) is 1. The van der Waals surface area contributed by atoms with Gasteiger partial charge in [0.1, 0.15) is 0 Å². The van der Waals surface area contributed by atoms with Crippen LogP contribution in [-0.2, 0) is 6.54 Å². The Morgan fingerprint density at radius 2 is 2.05 bits per heavy atom. The molecule has 1 aromatic heterocycles. The molecule has 2 bridgehead atoms. The van der Waals surface area contributed by atoms with Crippen molar-refractivity contribution >= 4 is 12.1 Å². The third-order valence-electron chi connectivity index (χ3n) is 4.84. The van der Waals surface area contributed by atoms with Gasteiger partial charge >= 0.3 is 12.1 Å². The first-order valence-corrected chi connectivity index (χ1v) is 7.67. The predicted octanol–water partition coefficient (Wildman–Crippen LogP) is 0.413. The zero-order valence-electron chi connectivity index (χ0n) is 12.2. The van der Waals surface area contributed by atoms with Crippen LogP contribution in [0.3, 0.4) is 0 Å². The number of pyridine rings is 1. The van der Waals surface area contributed by atoms with Gasteiger partial charge in [0, 0.05) is 50.4 Å². The molecule has 7 nitrogen and oxygen atoms in total. The van der Waals surface area contributed by atoms with Crippen LogP contribution in [-0.4, -0.2) is 52.6 Å². The van der Waals surface area contributed by atoms with E-state index in [4.69, 9.17) is 0 Å². The summed E-state index contributed by atoms with van der Waals surface area (Å²) in [6.07, 6.45) is 0.999. The minimum atomic E-state index is -0.308. The van der Waals surface area contributed by atoms with Gasteiger partial charge in [-0.15, -0.1) is 0 Å². The number of piperidine rings is 1. The normalized spacial score (nSPS) is 26.6. The number of imide groups is 1. The fraction of sp³-hybridized carbons (Fsp3) is 0.533. The number of fused-ring (bicyclic) bond motifs is 4. The fourth-order valence-electron chi connectivity index (χ4n) is 3.88. The van der Waals surface area contributed by atoms with Gasteiger partial charge < -0.3 is 14.8 Å². The number of urea groups is 2. The highest BCUT2D eigenvalue weighted by Gasteiger charge is 2.39. The molecule has 0 radical (unpaired) electrons. The second kappa shape index (κ2) is 4.86. The molecule has 0 saturated carbocycles. The first kappa shape index (κ1) is 13.4. The number of aromatic nitrogens is 1. The van der Waals surface area contributed by atoms with Gasteiger partial charge in [0.15, 0.2) is 0 Å². The SMILES string of the molecule is O=C1NCCN1C(=O)N1C[C@H]2C[C@H](C1)c1cccc(=O)n1C2. The lowest BCUT2D eigenvalue weighted by atomic mass is 9.83. The Bertz CT molecular complexity index is 698. The van der Waals surface area contributed by atoms with Gasteiger partial charge in [-0.05, 0) is 18.4 Å². The summed E-state index contributed by atoms with van der Waals surface area (Å²) in [4.78, 5) is 39.2. The fourth-order valence-corrected chi connectivity index (χ4v) is 3.88. The van der Waals surface area contributed by atoms with Gasteiger partial charge in [-0.2, -0.15) is 0 Å². The Morgan fingerprint density at radius 3 is 2.82 bits per heavy atom. The highest BCUT2D eigenvalue weighted by Crippen LogP contribution is 2.35. The number of nitrogens with zero attached hydrogens (tertiary/aromatic N) is 3.